The summed E-state index contributed by atoms with van der Waals surface area (Å²) in [6, 6.07) is 0.349. The number of aliphatic hydroxyl groups excluding tert-OH is 1. The Kier molecular flexibility index (Phi) is 4.42. The first kappa shape index (κ1) is 11.4. The third-order valence-electron chi connectivity index (χ3n) is 3.74. The van der Waals surface area contributed by atoms with E-state index in [1.165, 1.54) is 25.7 Å². The van der Waals surface area contributed by atoms with Crippen LogP contribution in [0.1, 0.15) is 38.5 Å². The van der Waals surface area contributed by atoms with Crippen LogP contribution in [0.25, 0.3) is 0 Å². The molecule has 0 bridgehead atoms. The summed E-state index contributed by atoms with van der Waals surface area (Å²) in [7, 11) is 0. The maximum Gasteiger partial charge on any atom is 0.0693 e. The smallest absolute Gasteiger partial charge is 0.0693 e. The van der Waals surface area contributed by atoms with Gasteiger partial charge in [-0.3, -0.25) is 0 Å². The molecule has 1 heterocycles. The van der Waals surface area contributed by atoms with Crippen molar-refractivity contribution in [2.24, 2.45) is 5.92 Å². The van der Waals surface area contributed by atoms with Gasteiger partial charge in [0.2, 0.25) is 0 Å². The van der Waals surface area contributed by atoms with E-state index >= 15 is 0 Å². The Morgan fingerprint density at radius 1 is 1.07 bits per heavy atom. The van der Waals surface area contributed by atoms with Crippen LogP contribution in [0.3, 0.4) is 0 Å². The predicted molar refractivity (Wildman–Crippen MR) is 59.8 cm³/mol. The predicted octanol–water partition coefficient (Wildman–Crippen LogP) is 1.31. The van der Waals surface area contributed by atoms with E-state index in [9.17, 15) is 5.11 Å². The minimum Gasteiger partial charge on any atom is -0.392 e. The molecular weight excluding hydrogens is 190 g/mol. The van der Waals surface area contributed by atoms with Crippen LogP contribution in [0.2, 0.25) is 0 Å². The molecule has 2 unspecified atom stereocenters. The topological polar surface area (TPSA) is 41.5 Å². The second kappa shape index (κ2) is 5.83. The molecule has 0 spiro atoms. The van der Waals surface area contributed by atoms with Crippen LogP contribution in [-0.2, 0) is 4.74 Å². The summed E-state index contributed by atoms with van der Waals surface area (Å²) in [6.45, 7) is 2.89. The molecule has 88 valence electrons. The summed E-state index contributed by atoms with van der Waals surface area (Å²) in [5, 5.41) is 13.3. The van der Waals surface area contributed by atoms with Gasteiger partial charge >= 0.3 is 0 Å². The van der Waals surface area contributed by atoms with Gasteiger partial charge in [0.05, 0.1) is 6.10 Å². The summed E-state index contributed by atoms with van der Waals surface area (Å²) in [5.41, 5.74) is 0. The number of hydrogen-bond donors (Lipinski definition) is 2. The fourth-order valence-corrected chi connectivity index (χ4v) is 2.62. The second-order valence-corrected chi connectivity index (χ2v) is 4.92. The van der Waals surface area contributed by atoms with Gasteiger partial charge in [-0.05, 0) is 38.1 Å². The van der Waals surface area contributed by atoms with Crippen molar-refractivity contribution in [1.29, 1.82) is 0 Å². The molecule has 1 saturated heterocycles. The van der Waals surface area contributed by atoms with Crippen LogP contribution in [0.4, 0.5) is 0 Å². The van der Waals surface area contributed by atoms with Crippen molar-refractivity contribution in [2.75, 3.05) is 19.8 Å². The third-order valence-corrected chi connectivity index (χ3v) is 3.74. The van der Waals surface area contributed by atoms with E-state index in [2.05, 4.69) is 5.32 Å². The van der Waals surface area contributed by atoms with Crippen LogP contribution in [0, 0.1) is 5.92 Å². The lowest BCUT2D eigenvalue weighted by Gasteiger charge is -2.31. The van der Waals surface area contributed by atoms with Gasteiger partial charge in [-0.15, -0.1) is 0 Å². The van der Waals surface area contributed by atoms with Crippen molar-refractivity contribution in [1.82, 2.24) is 5.32 Å². The summed E-state index contributed by atoms with van der Waals surface area (Å²) >= 11 is 0. The normalized spacial score (nSPS) is 34.2. The SMILES string of the molecule is OC1CCCCC1NCC1CCOCC1. The standard InChI is InChI=1S/C12H23NO2/c14-12-4-2-1-3-11(12)13-9-10-5-7-15-8-6-10/h10-14H,1-9H2. The Bertz CT molecular complexity index is 180. The van der Waals surface area contributed by atoms with Crippen LogP contribution in [-0.4, -0.2) is 37.0 Å². The summed E-state index contributed by atoms with van der Waals surface area (Å²) in [4.78, 5) is 0. The van der Waals surface area contributed by atoms with E-state index in [4.69, 9.17) is 4.74 Å². The van der Waals surface area contributed by atoms with Crippen molar-refractivity contribution >= 4 is 0 Å². The molecule has 0 aromatic heterocycles. The summed E-state index contributed by atoms with van der Waals surface area (Å²) in [5.74, 6) is 0.757. The molecule has 0 aromatic carbocycles. The van der Waals surface area contributed by atoms with Crippen molar-refractivity contribution < 1.29 is 9.84 Å². The van der Waals surface area contributed by atoms with Crippen LogP contribution < -0.4 is 5.32 Å². The molecule has 0 radical (unpaired) electrons. The average molecular weight is 213 g/mol. The van der Waals surface area contributed by atoms with E-state index in [1.807, 2.05) is 0 Å². The third kappa shape index (κ3) is 3.44. The minimum absolute atomic E-state index is 0.112. The lowest BCUT2D eigenvalue weighted by atomic mass is 9.91. The fraction of sp³-hybridized carbons (Fsp3) is 1.00. The molecular formula is C12H23NO2. The first-order valence-electron chi connectivity index (χ1n) is 6.35. The number of ether oxygens (including phenoxy) is 1. The Balaban J connectivity index is 1.67. The summed E-state index contributed by atoms with van der Waals surface area (Å²) in [6.07, 6.45) is 6.82. The van der Waals surface area contributed by atoms with Crippen LogP contribution in [0.15, 0.2) is 0 Å². The zero-order chi connectivity index (χ0) is 10.5. The Hall–Kier alpha value is -0.120. The lowest BCUT2D eigenvalue weighted by Crippen LogP contribution is -2.44. The van der Waals surface area contributed by atoms with Crippen molar-refractivity contribution in [3.8, 4) is 0 Å². The molecule has 0 amide bonds. The highest BCUT2D eigenvalue weighted by Gasteiger charge is 2.23. The quantitative estimate of drug-likeness (QED) is 0.742. The van der Waals surface area contributed by atoms with Gasteiger partial charge in [-0.2, -0.15) is 0 Å². The second-order valence-electron chi connectivity index (χ2n) is 4.92. The molecule has 3 nitrogen and oxygen atoms in total. The molecule has 1 saturated carbocycles. The van der Waals surface area contributed by atoms with Gasteiger partial charge in [-0.1, -0.05) is 12.8 Å². The number of rotatable bonds is 3. The van der Waals surface area contributed by atoms with Crippen LogP contribution in [0.5, 0.6) is 0 Å². The van der Waals surface area contributed by atoms with Crippen LogP contribution >= 0.6 is 0 Å². The van der Waals surface area contributed by atoms with Crippen molar-refractivity contribution in [3.05, 3.63) is 0 Å². The van der Waals surface area contributed by atoms with Gasteiger partial charge in [0, 0.05) is 19.3 Å². The van der Waals surface area contributed by atoms with Gasteiger partial charge in [0.1, 0.15) is 0 Å². The van der Waals surface area contributed by atoms with Gasteiger partial charge in [-0.25, -0.2) is 0 Å². The molecule has 2 rings (SSSR count). The lowest BCUT2D eigenvalue weighted by molar-refractivity contribution is 0.0561. The van der Waals surface area contributed by atoms with Gasteiger partial charge < -0.3 is 15.2 Å². The van der Waals surface area contributed by atoms with E-state index in [0.717, 1.165) is 38.5 Å². The van der Waals surface area contributed by atoms with E-state index in [-0.39, 0.29) is 6.10 Å². The van der Waals surface area contributed by atoms with Crippen molar-refractivity contribution in [3.63, 3.8) is 0 Å². The largest absolute Gasteiger partial charge is 0.392 e. The molecule has 1 aliphatic heterocycles. The molecule has 0 aromatic rings. The molecule has 2 atom stereocenters. The Labute approximate surface area is 92.2 Å². The fourth-order valence-electron chi connectivity index (χ4n) is 2.62. The molecule has 2 fully saturated rings. The van der Waals surface area contributed by atoms with Gasteiger partial charge in [0.25, 0.3) is 0 Å². The monoisotopic (exact) mass is 213 g/mol. The minimum atomic E-state index is -0.112. The Morgan fingerprint density at radius 3 is 2.53 bits per heavy atom. The maximum atomic E-state index is 9.81. The first-order chi connectivity index (χ1) is 7.36. The molecule has 1 aliphatic carbocycles. The average Bonchev–Trinajstić information content (AvgIpc) is 2.29. The highest BCUT2D eigenvalue weighted by molar-refractivity contribution is 4.81. The molecule has 3 heteroatoms. The van der Waals surface area contributed by atoms with Crippen molar-refractivity contribution in [2.45, 2.75) is 50.7 Å². The molecule has 15 heavy (non-hydrogen) atoms. The summed E-state index contributed by atoms with van der Waals surface area (Å²) < 4.78 is 5.34. The number of aliphatic hydroxyl groups is 1. The highest BCUT2D eigenvalue weighted by Crippen LogP contribution is 2.20. The van der Waals surface area contributed by atoms with E-state index < -0.39 is 0 Å². The Morgan fingerprint density at radius 2 is 1.80 bits per heavy atom. The number of hydrogen-bond acceptors (Lipinski definition) is 3. The highest BCUT2D eigenvalue weighted by atomic mass is 16.5. The zero-order valence-electron chi connectivity index (χ0n) is 9.45. The zero-order valence-corrected chi connectivity index (χ0v) is 9.45. The van der Waals surface area contributed by atoms with E-state index in [1.54, 1.807) is 0 Å². The van der Waals surface area contributed by atoms with Gasteiger partial charge in [0.15, 0.2) is 0 Å². The maximum absolute atomic E-state index is 9.81. The van der Waals surface area contributed by atoms with E-state index in [0.29, 0.717) is 6.04 Å². The molecule has 2 aliphatic rings. The number of nitrogens with one attached hydrogen (secondary N) is 1. The molecule has 2 N–H and O–H groups in total. The first-order valence-corrected chi connectivity index (χ1v) is 6.35.